The largest absolute Gasteiger partial charge is 0.479 e. The molecule has 1 fully saturated rings. The van der Waals surface area contributed by atoms with E-state index in [1.807, 2.05) is 24.3 Å². The maximum absolute atomic E-state index is 13.0. The Morgan fingerprint density at radius 3 is 2.14 bits per heavy atom. The number of carbonyl (C=O) groups is 3. The van der Waals surface area contributed by atoms with Gasteiger partial charge in [-0.15, -0.1) is 0 Å². The zero-order chi connectivity index (χ0) is 25.0. The summed E-state index contributed by atoms with van der Waals surface area (Å²) in [7, 11) is 0. The summed E-state index contributed by atoms with van der Waals surface area (Å²) in [4.78, 5) is 36.6. The van der Waals surface area contributed by atoms with Crippen LogP contribution in [0.15, 0.2) is 48.5 Å². The van der Waals surface area contributed by atoms with Crippen LogP contribution in [0.2, 0.25) is 0 Å². The van der Waals surface area contributed by atoms with Crippen molar-refractivity contribution < 1.29 is 29.3 Å². The van der Waals surface area contributed by atoms with Gasteiger partial charge in [-0.05, 0) is 53.9 Å². The average molecular weight is 481 g/mol. The number of amides is 2. The van der Waals surface area contributed by atoms with E-state index in [1.54, 1.807) is 0 Å². The second-order valence-electron chi connectivity index (χ2n) is 9.71. The lowest BCUT2D eigenvalue weighted by Crippen LogP contribution is -2.52. The van der Waals surface area contributed by atoms with Gasteiger partial charge < -0.3 is 25.6 Å². The first-order valence-electron chi connectivity index (χ1n) is 12.1. The molecule has 4 rings (SSSR count). The second kappa shape index (κ2) is 10.5. The van der Waals surface area contributed by atoms with Gasteiger partial charge in [0, 0.05) is 12.5 Å². The van der Waals surface area contributed by atoms with Gasteiger partial charge in [0.25, 0.3) is 0 Å². The van der Waals surface area contributed by atoms with Crippen LogP contribution in [0.4, 0.5) is 4.79 Å². The van der Waals surface area contributed by atoms with Crippen molar-refractivity contribution in [2.24, 2.45) is 11.3 Å². The highest BCUT2D eigenvalue weighted by Gasteiger charge is 2.41. The number of hydrogen-bond acceptors (Lipinski definition) is 5. The Balaban J connectivity index is 1.38. The molecule has 0 aromatic heterocycles. The molecule has 2 aromatic rings. The Hall–Kier alpha value is -3.39. The molecule has 2 aromatic carbocycles. The quantitative estimate of drug-likeness (QED) is 0.460. The predicted molar refractivity (Wildman–Crippen MR) is 130 cm³/mol. The molecule has 8 heteroatoms. The fourth-order valence-corrected chi connectivity index (χ4v) is 5.15. The third-order valence-corrected chi connectivity index (χ3v) is 7.37. The zero-order valence-electron chi connectivity index (χ0n) is 19.8. The Labute approximate surface area is 204 Å². The van der Waals surface area contributed by atoms with Crippen molar-refractivity contribution in [1.29, 1.82) is 0 Å². The minimum atomic E-state index is -1.67. The van der Waals surface area contributed by atoms with E-state index in [0.717, 1.165) is 35.1 Å². The number of ether oxygens (including phenoxy) is 1. The Kier molecular flexibility index (Phi) is 7.40. The van der Waals surface area contributed by atoms with Crippen molar-refractivity contribution in [3.63, 3.8) is 0 Å². The standard InChI is InChI=1S/C27H32N2O6/c1-17-10-12-27(13-11-17,25(33)28-14-23(30)24(31)32)16-29-26(34)35-15-22-20-8-4-2-6-18(20)19-7-3-5-9-21(19)22/h2-9,17,22-23,30H,10-16H2,1H3,(H,28,33)(H,29,34)(H,31,32)/t17?,23-,27?/m0/s1. The smallest absolute Gasteiger partial charge is 0.407 e. The minimum absolute atomic E-state index is 0.0570. The van der Waals surface area contributed by atoms with Crippen LogP contribution in [0.1, 0.15) is 49.7 Å². The van der Waals surface area contributed by atoms with E-state index in [2.05, 4.69) is 41.8 Å². The third kappa shape index (κ3) is 5.32. The van der Waals surface area contributed by atoms with Crippen molar-refractivity contribution in [1.82, 2.24) is 10.6 Å². The molecule has 4 N–H and O–H groups in total. The van der Waals surface area contributed by atoms with Crippen LogP contribution in [0.25, 0.3) is 11.1 Å². The molecule has 0 heterocycles. The number of aliphatic carboxylic acids is 1. The summed E-state index contributed by atoms with van der Waals surface area (Å²) in [6, 6.07) is 16.2. The lowest BCUT2D eigenvalue weighted by atomic mass is 9.70. The number of aliphatic hydroxyl groups excluding tert-OH is 1. The number of benzene rings is 2. The lowest BCUT2D eigenvalue weighted by molar-refractivity contribution is -0.147. The van der Waals surface area contributed by atoms with E-state index >= 15 is 0 Å². The SMILES string of the molecule is CC1CCC(CNC(=O)OCC2c3ccccc3-c3ccccc32)(C(=O)NC[C@H](O)C(=O)O)CC1. The summed E-state index contributed by atoms with van der Waals surface area (Å²) in [5.41, 5.74) is 3.67. The molecule has 35 heavy (non-hydrogen) atoms. The van der Waals surface area contributed by atoms with Gasteiger partial charge in [-0.25, -0.2) is 9.59 Å². The number of alkyl carbamates (subject to hydrolysis) is 1. The van der Waals surface area contributed by atoms with E-state index in [4.69, 9.17) is 9.84 Å². The monoisotopic (exact) mass is 480 g/mol. The molecule has 1 saturated carbocycles. The number of rotatable bonds is 8. The zero-order valence-corrected chi connectivity index (χ0v) is 19.8. The molecule has 2 aliphatic rings. The number of carboxylic acids is 1. The molecule has 0 aliphatic heterocycles. The highest BCUT2D eigenvalue weighted by Crippen LogP contribution is 2.44. The molecule has 0 radical (unpaired) electrons. The number of fused-ring (bicyclic) bond motifs is 3. The molecule has 0 spiro atoms. The maximum Gasteiger partial charge on any atom is 0.407 e. The van der Waals surface area contributed by atoms with Crippen molar-refractivity contribution in [3.8, 4) is 11.1 Å². The van der Waals surface area contributed by atoms with Crippen molar-refractivity contribution in [3.05, 3.63) is 59.7 Å². The predicted octanol–water partition coefficient (Wildman–Crippen LogP) is 3.28. The van der Waals surface area contributed by atoms with E-state index in [-0.39, 0.29) is 31.5 Å². The topological polar surface area (TPSA) is 125 Å². The van der Waals surface area contributed by atoms with Crippen LogP contribution in [0.3, 0.4) is 0 Å². The number of aliphatic hydroxyl groups is 1. The van der Waals surface area contributed by atoms with E-state index in [1.165, 1.54) is 0 Å². The van der Waals surface area contributed by atoms with Gasteiger partial charge >= 0.3 is 12.1 Å². The molecule has 0 unspecified atom stereocenters. The van der Waals surface area contributed by atoms with Crippen LogP contribution in [0, 0.1) is 11.3 Å². The van der Waals surface area contributed by atoms with Gasteiger partial charge in [0.05, 0.1) is 12.0 Å². The fourth-order valence-electron chi connectivity index (χ4n) is 5.15. The van der Waals surface area contributed by atoms with Crippen LogP contribution in [0.5, 0.6) is 0 Å². The Morgan fingerprint density at radius 1 is 1.00 bits per heavy atom. The first-order valence-corrected chi connectivity index (χ1v) is 12.1. The van der Waals surface area contributed by atoms with Gasteiger partial charge in [0.15, 0.2) is 6.10 Å². The van der Waals surface area contributed by atoms with Crippen LogP contribution < -0.4 is 10.6 Å². The van der Waals surface area contributed by atoms with Gasteiger partial charge in [0.1, 0.15) is 6.61 Å². The van der Waals surface area contributed by atoms with Crippen molar-refractivity contribution >= 4 is 18.0 Å². The molecular formula is C27H32N2O6. The summed E-state index contributed by atoms with van der Waals surface area (Å²) >= 11 is 0. The van der Waals surface area contributed by atoms with Crippen LogP contribution in [-0.4, -0.2) is 54.0 Å². The number of nitrogens with one attached hydrogen (secondary N) is 2. The van der Waals surface area contributed by atoms with E-state index < -0.39 is 23.6 Å². The van der Waals surface area contributed by atoms with E-state index in [9.17, 15) is 19.5 Å². The second-order valence-corrected chi connectivity index (χ2v) is 9.71. The highest BCUT2D eigenvalue weighted by molar-refractivity contribution is 5.84. The lowest BCUT2D eigenvalue weighted by Gasteiger charge is -2.38. The maximum atomic E-state index is 13.0. The Morgan fingerprint density at radius 2 is 1.57 bits per heavy atom. The van der Waals surface area contributed by atoms with Crippen LogP contribution >= 0.6 is 0 Å². The average Bonchev–Trinajstić information content (AvgIpc) is 3.19. The highest BCUT2D eigenvalue weighted by atomic mass is 16.5. The van der Waals surface area contributed by atoms with E-state index in [0.29, 0.717) is 18.8 Å². The summed E-state index contributed by atoms with van der Waals surface area (Å²) < 4.78 is 5.61. The summed E-state index contributed by atoms with van der Waals surface area (Å²) in [6.45, 7) is 2.01. The summed E-state index contributed by atoms with van der Waals surface area (Å²) in [5, 5.41) is 23.7. The van der Waals surface area contributed by atoms with Gasteiger partial charge in [-0.2, -0.15) is 0 Å². The molecule has 0 saturated heterocycles. The van der Waals surface area contributed by atoms with Gasteiger partial charge in [0.2, 0.25) is 5.91 Å². The summed E-state index contributed by atoms with van der Waals surface area (Å²) in [5.74, 6) is -1.34. The molecule has 1 atom stereocenters. The molecule has 2 aliphatic carbocycles. The minimum Gasteiger partial charge on any atom is -0.479 e. The fraction of sp³-hybridized carbons (Fsp3) is 0.444. The Bertz CT molecular complexity index is 1050. The normalized spacial score (nSPS) is 21.9. The van der Waals surface area contributed by atoms with Crippen molar-refractivity contribution in [2.45, 2.75) is 44.6 Å². The molecule has 186 valence electrons. The molecule has 2 amide bonds. The number of carbonyl (C=O) groups excluding carboxylic acids is 2. The van der Waals surface area contributed by atoms with Gasteiger partial charge in [-0.3, -0.25) is 4.79 Å². The van der Waals surface area contributed by atoms with Gasteiger partial charge in [-0.1, -0.05) is 55.5 Å². The number of hydrogen-bond donors (Lipinski definition) is 4. The molecule has 0 bridgehead atoms. The third-order valence-electron chi connectivity index (χ3n) is 7.37. The molecular weight excluding hydrogens is 448 g/mol. The summed E-state index contributed by atoms with van der Waals surface area (Å²) in [6.07, 6.45) is 0.499. The first-order chi connectivity index (χ1) is 16.8. The van der Waals surface area contributed by atoms with Crippen molar-refractivity contribution in [2.75, 3.05) is 19.7 Å². The van der Waals surface area contributed by atoms with Crippen LogP contribution in [-0.2, 0) is 14.3 Å². The molecule has 8 nitrogen and oxygen atoms in total. The number of carboxylic acid groups (broad SMARTS) is 1. The first kappa shape index (κ1) is 24.7.